The van der Waals surface area contributed by atoms with Crippen LogP contribution in [0.15, 0.2) is 24.3 Å². The maximum Gasteiger partial charge on any atom is 0.308 e. The molecule has 0 amide bonds. The lowest BCUT2D eigenvalue weighted by molar-refractivity contribution is -0.131. The van der Waals surface area contributed by atoms with E-state index in [2.05, 4.69) is 47.6 Å². The molecule has 2 heteroatoms. The van der Waals surface area contributed by atoms with Crippen molar-refractivity contribution >= 4 is 5.97 Å². The van der Waals surface area contributed by atoms with E-state index in [4.69, 9.17) is 4.74 Å². The van der Waals surface area contributed by atoms with Gasteiger partial charge in [0.2, 0.25) is 0 Å². The highest BCUT2D eigenvalue weighted by Crippen LogP contribution is 2.43. The van der Waals surface area contributed by atoms with Crippen LogP contribution in [0, 0.1) is 10.8 Å². The van der Waals surface area contributed by atoms with E-state index in [9.17, 15) is 4.79 Å². The molecule has 2 nitrogen and oxygen atoms in total. The third kappa shape index (κ3) is 5.36. The summed E-state index contributed by atoms with van der Waals surface area (Å²) in [7, 11) is 0. The molecular formula is C18H28O2. The van der Waals surface area contributed by atoms with Crippen LogP contribution in [0.3, 0.4) is 0 Å². The second kappa shape index (κ2) is 5.99. The molecular weight excluding hydrogens is 248 g/mol. The van der Waals surface area contributed by atoms with E-state index < -0.39 is 0 Å². The highest BCUT2D eigenvalue weighted by Gasteiger charge is 2.30. The zero-order valence-electron chi connectivity index (χ0n) is 13.9. The van der Waals surface area contributed by atoms with Crippen LogP contribution in [0.1, 0.15) is 66.4 Å². The first-order valence-corrected chi connectivity index (χ1v) is 7.27. The van der Waals surface area contributed by atoms with Gasteiger partial charge in [-0.15, -0.1) is 0 Å². The smallest absolute Gasteiger partial charge is 0.308 e. The molecule has 0 saturated heterocycles. The van der Waals surface area contributed by atoms with E-state index in [1.165, 1.54) is 12.5 Å². The number of benzene rings is 1. The first kappa shape index (κ1) is 16.7. The number of hydrogen-bond donors (Lipinski definition) is 0. The molecule has 0 radical (unpaired) electrons. The molecule has 0 saturated carbocycles. The Morgan fingerprint density at radius 1 is 1.15 bits per heavy atom. The van der Waals surface area contributed by atoms with Crippen LogP contribution in [-0.4, -0.2) is 5.97 Å². The quantitative estimate of drug-likeness (QED) is 0.562. The number of carbonyl (C=O) groups is 1. The predicted octanol–water partition coefficient (Wildman–Crippen LogP) is 5.18. The molecule has 1 unspecified atom stereocenters. The Kier molecular flexibility index (Phi) is 5.01. The summed E-state index contributed by atoms with van der Waals surface area (Å²) in [5.74, 6) is 0.793. The van der Waals surface area contributed by atoms with Gasteiger partial charge in [0.25, 0.3) is 0 Å². The molecule has 0 N–H and O–H groups in total. The zero-order chi connectivity index (χ0) is 15.6. The second-order valence-electron chi connectivity index (χ2n) is 7.85. The maximum atomic E-state index is 11.1. The Hall–Kier alpha value is -1.31. The van der Waals surface area contributed by atoms with E-state index in [0.717, 1.165) is 6.42 Å². The summed E-state index contributed by atoms with van der Waals surface area (Å²) in [4.78, 5) is 11.1. The average molecular weight is 276 g/mol. The van der Waals surface area contributed by atoms with Crippen molar-refractivity contribution in [2.24, 2.45) is 10.8 Å². The molecule has 1 aromatic rings. The molecule has 1 rings (SSSR count). The largest absolute Gasteiger partial charge is 0.427 e. The van der Waals surface area contributed by atoms with Crippen molar-refractivity contribution in [1.82, 2.24) is 0 Å². The molecule has 0 aromatic heterocycles. The van der Waals surface area contributed by atoms with Crippen molar-refractivity contribution in [3.8, 4) is 5.75 Å². The van der Waals surface area contributed by atoms with Gasteiger partial charge in [-0.3, -0.25) is 4.79 Å². The van der Waals surface area contributed by atoms with E-state index in [1.807, 2.05) is 18.2 Å². The van der Waals surface area contributed by atoms with Crippen molar-refractivity contribution in [1.29, 1.82) is 0 Å². The molecule has 0 bridgehead atoms. The number of rotatable bonds is 3. The Morgan fingerprint density at radius 2 is 1.75 bits per heavy atom. The summed E-state index contributed by atoms with van der Waals surface area (Å²) >= 11 is 0. The number of hydrogen-bond acceptors (Lipinski definition) is 2. The van der Waals surface area contributed by atoms with Gasteiger partial charge in [0.15, 0.2) is 0 Å². The number of esters is 1. The monoisotopic (exact) mass is 276 g/mol. The molecule has 0 heterocycles. The Morgan fingerprint density at radius 3 is 2.20 bits per heavy atom. The molecule has 0 fully saturated rings. The van der Waals surface area contributed by atoms with Crippen LogP contribution < -0.4 is 4.74 Å². The molecule has 0 aliphatic carbocycles. The SMILES string of the molecule is CC(=O)Oc1cccc(C(CC(C)(C)C)C(C)(C)C)c1. The van der Waals surface area contributed by atoms with Gasteiger partial charge < -0.3 is 4.74 Å². The fourth-order valence-electron chi connectivity index (χ4n) is 2.50. The lowest BCUT2D eigenvalue weighted by atomic mass is 9.69. The molecule has 0 aliphatic rings. The lowest BCUT2D eigenvalue weighted by Gasteiger charge is -2.36. The van der Waals surface area contributed by atoms with Gasteiger partial charge >= 0.3 is 5.97 Å². The fraction of sp³-hybridized carbons (Fsp3) is 0.611. The van der Waals surface area contributed by atoms with Crippen LogP contribution in [0.5, 0.6) is 5.75 Å². The topological polar surface area (TPSA) is 26.3 Å². The van der Waals surface area contributed by atoms with Gasteiger partial charge in [-0.2, -0.15) is 0 Å². The van der Waals surface area contributed by atoms with E-state index in [-0.39, 0.29) is 16.8 Å². The molecule has 20 heavy (non-hydrogen) atoms. The summed E-state index contributed by atoms with van der Waals surface area (Å²) in [6.07, 6.45) is 1.10. The van der Waals surface area contributed by atoms with Crippen molar-refractivity contribution in [2.45, 2.75) is 60.8 Å². The summed E-state index contributed by atoms with van der Waals surface area (Å²) in [6, 6.07) is 7.94. The minimum absolute atomic E-state index is 0.169. The molecule has 1 aromatic carbocycles. The normalized spacial score (nSPS) is 13.9. The standard InChI is InChI=1S/C18H28O2/c1-13(19)20-15-10-8-9-14(11-15)16(18(5,6)7)12-17(2,3)4/h8-11,16H,12H2,1-7H3. The molecule has 0 spiro atoms. The van der Waals surface area contributed by atoms with E-state index in [0.29, 0.717) is 11.7 Å². The predicted molar refractivity (Wildman–Crippen MR) is 84.0 cm³/mol. The summed E-state index contributed by atoms with van der Waals surface area (Å²) in [5.41, 5.74) is 1.67. The molecule has 1 atom stereocenters. The fourth-order valence-corrected chi connectivity index (χ4v) is 2.50. The van der Waals surface area contributed by atoms with Crippen molar-refractivity contribution in [3.05, 3.63) is 29.8 Å². The highest BCUT2D eigenvalue weighted by atomic mass is 16.5. The van der Waals surface area contributed by atoms with Crippen molar-refractivity contribution in [2.75, 3.05) is 0 Å². The van der Waals surface area contributed by atoms with Gasteiger partial charge in [-0.05, 0) is 40.9 Å². The Labute approximate surface area is 123 Å². The van der Waals surface area contributed by atoms with Gasteiger partial charge in [-0.1, -0.05) is 53.7 Å². The lowest BCUT2D eigenvalue weighted by Crippen LogP contribution is -2.23. The zero-order valence-corrected chi connectivity index (χ0v) is 13.9. The average Bonchev–Trinajstić information content (AvgIpc) is 2.22. The van der Waals surface area contributed by atoms with E-state index in [1.54, 1.807) is 0 Å². The van der Waals surface area contributed by atoms with Crippen LogP contribution in [0.4, 0.5) is 0 Å². The van der Waals surface area contributed by atoms with Gasteiger partial charge in [0, 0.05) is 6.92 Å². The Balaban J connectivity index is 3.11. The van der Waals surface area contributed by atoms with Gasteiger partial charge in [0.1, 0.15) is 5.75 Å². The summed E-state index contributed by atoms with van der Waals surface area (Å²) < 4.78 is 5.21. The third-order valence-corrected chi connectivity index (χ3v) is 3.38. The summed E-state index contributed by atoms with van der Waals surface area (Å²) in [5, 5.41) is 0. The van der Waals surface area contributed by atoms with Crippen molar-refractivity contribution < 1.29 is 9.53 Å². The first-order chi connectivity index (χ1) is 8.99. The van der Waals surface area contributed by atoms with Crippen LogP contribution in [0.25, 0.3) is 0 Å². The van der Waals surface area contributed by atoms with E-state index >= 15 is 0 Å². The van der Waals surface area contributed by atoms with Gasteiger partial charge in [0.05, 0.1) is 0 Å². The van der Waals surface area contributed by atoms with Gasteiger partial charge in [-0.25, -0.2) is 0 Å². The Bertz CT molecular complexity index is 461. The second-order valence-corrected chi connectivity index (χ2v) is 7.85. The first-order valence-electron chi connectivity index (χ1n) is 7.27. The van der Waals surface area contributed by atoms with Crippen LogP contribution in [-0.2, 0) is 4.79 Å². The maximum absolute atomic E-state index is 11.1. The molecule has 112 valence electrons. The number of carbonyl (C=O) groups excluding carboxylic acids is 1. The third-order valence-electron chi connectivity index (χ3n) is 3.38. The minimum atomic E-state index is -0.273. The minimum Gasteiger partial charge on any atom is -0.427 e. The highest BCUT2D eigenvalue weighted by molar-refractivity contribution is 5.69. The summed E-state index contributed by atoms with van der Waals surface area (Å²) in [6.45, 7) is 15.0. The van der Waals surface area contributed by atoms with Crippen molar-refractivity contribution in [3.63, 3.8) is 0 Å². The molecule has 0 aliphatic heterocycles. The van der Waals surface area contributed by atoms with Crippen LogP contribution >= 0.6 is 0 Å². The van der Waals surface area contributed by atoms with Crippen LogP contribution in [0.2, 0.25) is 0 Å². The number of ether oxygens (including phenoxy) is 1.